The summed E-state index contributed by atoms with van der Waals surface area (Å²) in [4.78, 5) is 36.5. The molecule has 178 valence electrons. The first-order valence-corrected chi connectivity index (χ1v) is 11.7. The fourth-order valence-electron chi connectivity index (χ4n) is 4.65. The number of nitrogens with one attached hydrogen (secondary N) is 2. The predicted octanol–water partition coefficient (Wildman–Crippen LogP) is 2.54. The van der Waals surface area contributed by atoms with Gasteiger partial charge in [-0.15, -0.1) is 0 Å². The fraction of sp³-hybridized carbons (Fsp3) is 0.640. The van der Waals surface area contributed by atoms with Gasteiger partial charge in [-0.1, -0.05) is 52.0 Å². The van der Waals surface area contributed by atoms with E-state index in [1.54, 1.807) is 0 Å². The molecule has 1 aromatic carbocycles. The van der Waals surface area contributed by atoms with E-state index < -0.39 is 6.04 Å². The molecule has 1 aliphatic heterocycles. The van der Waals surface area contributed by atoms with Crippen LogP contribution in [-0.4, -0.2) is 48.3 Å². The van der Waals surface area contributed by atoms with E-state index >= 15 is 0 Å². The third-order valence-electron chi connectivity index (χ3n) is 6.31. The van der Waals surface area contributed by atoms with Gasteiger partial charge in [-0.2, -0.15) is 0 Å². The highest BCUT2D eigenvalue weighted by Crippen LogP contribution is 2.29. The topological polar surface area (TPSA) is 105 Å². The maximum atomic E-state index is 12.7. The van der Waals surface area contributed by atoms with Crippen molar-refractivity contribution >= 4 is 18.2 Å². The van der Waals surface area contributed by atoms with Gasteiger partial charge in [-0.05, 0) is 55.1 Å². The Labute approximate surface area is 192 Å². The van der Waals surface area contributed by atoms with Crippen molar-refractivity contribution in [2.75, 3.05) is 13.1 Å². The first-order chi connectivity index (χ1) is 15.1. The number of hydrogen-bond donors (Lipinski definition) is 3. The molecule has 1 aromatic rings. The van der Waals surface area contributed by atoms with Crippen LogP contribution < -0.4 is 16.4 Å². The van der Waals surface area contributed by atoms with E-state index in [1.807, 2.05) is 31.7 Å². The highest BCUT2D eigenvalue weighted by molar-refractivity contribution is 5.89. The summed E-state index contributed by atoms with van der Waals surface area (Å²) in [5.41, 5.74) is 7.68. The van der Waals surface area contributed by atoms with E-state index in [-0.39, 0.29) is 35.9 Å². The molecular weight excluding hydrogens is 404 g/mol. The third-order valence-corrected chi connectivity index (χ3v) is 6.31. The van der Waals surface area contributed by atoms with Crippen molar-refractivity contribution in [1.29, 1.82) is 0 Å². The average molecular weight is 445 g/mol. The normalized spacial score (nSPS) is 23.3. The molecule has 3 amide bonds. The number of fused-ring (bicyclic) bond motifs is 1. The summed E-state index contributed by atoms with van der Waals surface area (Å²) in [6.45, 7) is 10.8. The fourth-order valence-corrected chi connectivity index (χ4v) is 4.65. The molecule has 0 saturated carbocycles. The zero-order valence-electron chi connectivity index (χ0n) is 20.2. The molecule has 0 aromatic heterocycles. The molecule has 1 heterocycles. The van der Waals surface area contributed by atoms with Crippen molar-refractivity contribution in [3.05, 3.63) is 35.4 Å². The molecule has 4 N–H and O–H groups in total. The van der Waals surface area contributed by atoms with E-state index in [0.29, 0.717) is 5.92 Å². The number of amides is 3. The van der Waals surface area contributed by atoms with Crippen LogP contribution in [0.4, 0.5) is 0 Å². The van der Waals surface area contributed by atoms with Crippen molar-refractivity contribution in [3.8, 4) is 0 Å². The largest absolute Gasteiger partial charge is 0.352 e. The highest BCUT2D eigenvalue weighted by Gasteiger charge is 2.39. The Morgan fingerprint density at radius 2 is 1.94 bits per heavy atom. The lowest BCUT2D eigenvalue weighted by Crippen LogP contribution is -2.56. The number of carbonyl (C=O) groups is 3. The van der Waals surface area contributed by atoms with Crippen LogP contribution >= 0.6 is 0 Å². The van der Waals surface area contributed by atoms with Gasteiger partial charge >= 0.3 is 0 Å². The molecule has 1 aliphatic carbocycles. The van der Waals surface area contributed by atoms with Crippen LogP contribution in [0, 0.1) is 11.3 Å². The number of benzene rings is 1. The lowest BCUT2D eigenvalue weighted by molar-refractivity contribution is -0.139. The Kier molecular flexibility index (Phi) is 9.25. The molecule has 4 unspecified atom stereocenters. The standard InChI is InChI=1S/C14H27N3O2.C11H13NO/c1-9-6-10(2)17(8-9)13(19)12(14(3,4)5)16-11(18)7-15;13-8-12-11-7-3-5-9-4-1-2-6-10(9)11/h9-10,12H,6-8,15H2,1-5H3,(H,16,18);1-2,4,6,8,11H,3,5,7H2,(H,12,13). The maximum absolute atomic E-state index is 12.7. The second kappa shape index (κ2) is 11.5. The molecule has 1 fully saturated rings. The van der Waals surface area contributed by atoms with Crippen molar-refractivity contribution in [2.24, 2.45) is 17.1 Å². The summed E-state index contributed by atoms with van der Waals surface area (Å²) in [7, 11) is 0. The number of likely N-dealkylation sites (tertiary alicyclic amines) is 1. The molecule has 3 rings (SSSR count). The van der Waals surface area contributed by atoms with Gasteiger partial charge in [0.2, 0.25) is 18.2 Å². The summed E-state index contributed by atoms with van der Waals surface area (Å²) in [6.07, 6.45) is 5.20. The number of rotatable bonds is 5. The first kappa shape index (κ1) is 25.8. The lowest BCUT2D eigenvalue weighted by atomic mass is 9.85. The number of hydrogen-bond acceptors (Lipinski definition) is 4. The predicted molar refractivity (Wildman–Crippen MR) is 127 cm³/mol. The van der Waals surface area contributed by atoms with Gasteiger partial charge in [0.25, 0.3) is 0 Å². The molecule has 0 bridgehead atoms. The number of aryl methyl sites for hydroxylation is 1. The Bertz CT molecular complexity index is 790. The average Bonchev–Trinajstić information content (AvgIpc) is 3.09. The maximum Gasteiger partial charge on any atom is 0.245 e. The minimum absolute atomic E-state index is 0.00569. The van der Waals surface area contributed by atoms with Crippen molar-refractivity contribution in [1.82, 2.24) is 15.5 Å². The van der Waals surface area contributed by atoms with E-state index in [0.717, 1.165) is 32.2 Å². The molecule has 1 saturated heterocycles. The summed E-state index contributed by atoms with van der Waals surface area (Å²) >= 11 is 0. The smallest absolute Gasteiger partial charge is 0.245 e. The zero-order chi connectivity index (χ0) is 23.9. The summed E-state index contributed by atoms with van der Waals surface area (Å²) in [5.74, 6) is 0.240. The van der Waals surface area contributed by atoms with Gasteiger partial charge in [0.05, 0.1) is 12.6 Å². The van der Waals surface area contributed by atoms with Crippen LogP contribution in [0.1, 0.15) is 71.0 Å². The van der Waals surface area contributed by atoms with Crippen LogP contribution in [0.25, 0.3) is 0 Å². The molecule has 7 heteroatoms. The Morgan fingerprint density at radius 1 is 1.25 bits per heavy atom. The first-order valence-electron chi connectivity index (χ1n) is 11.7. The Morgan fingerprint density at radius 3 is 2.50 bits per heavy atom. The molecule has 0 spiro atoms. The van der Waals surface area contributed by atoms with Gasteiger partial charge in [0.15, 0.2) is 0 Å². The van der Waals surface area contributed by atoms with Crippen LogP contribution in [0.5, 0.6) is 0 Å². The summed E-state index contributed by atoms with van der Waals surface area (Å²) < 4.78 is 0. The quantitative estimate of drug-likeness (QED) is 0.607. The molecular formula is C25H40N4O3. The van der Waals surface area contributed by atoms with Crippen LogP contribution in [0.3, 0.4) is 0 Å². The second-order valence-corrected chi connectivity index (χ2v) is 10.2. The minimum Gasteiger partial charge on any atom is -0.352 e. The monoisotopic (exact) mass is 444 g/mol. The van der Waals surface area contributed by atoms with E-state index in [1.165, 1.54) is 17.5 Å². The molecule has 32 heavy (non-hydrogen) atoms. The summed E-state index contributed by atoms with van der Waals surface area (Å²) in [5, 5.41) is 5.62. The van der Waals surface area contributed by atoms with Crippen molar-refractivity contribution in [2.45, 2.75) is 78.4 Å². The highest BCUT2D eigenvalue weighted by atomic mass is 16.2. The zero-order valence-corrected chi connectivity index (χ0v) is 20.2. The number of nitrogens with two attached hydrogens (primary N) is 1. The van der Waals surface area contributed by atoms with E-state index in [2.05, 4.69) is 42.7 Å². The number of nitrogens with zero attached hydrogens (tertiary/aromatic N) is 1. The van der Waals surface area contributed by atoms with Crippen molar-refractivity contribution < 1.29 is 14.4 Å². The lowest BCUT2D eigenvalue weighted by Gasteiger charge is -2.35. The van der Waals surface area contributed by atoms with Gasteiger partial charge in [-0.3, -0.25) is 14.4 Å². The van der Waals surface area contributed by atoms with Gasteiger partial charge in [0.1, 0.15) is 6.04 Å². The van der Waals surface area contributed by atoms with Gasteiger partial charge in [0, 0.05) is 12.6 Å². The van der Waals surface area contributed by atoms with Gasteiger partial charge in [-0.25, -0.2) is 0 Å². The summed E-state index contributed by atoms with van der Waals surface area (Å²) in [6, 6.07) is 8.30. The van der Waals surface area contributed by atoms with Crippen LogP contribution in [0.15, 0.2) is 24.3 Å². The molecule has 4 atom stereocenters. The van der Waals surface area contributed by atoms with Crippen molar-refractivity contribution in [3.63, 3.8) is 0 Å². The van der Waals surface area contributed by atoms with E-state index in [9.17, 15) is 14.4 Å². The Hall–Kier alpha value is -2.41. The van der Waals surface area contributed by atoms with Gasteiger partial charge < -0.3 is 21.3 Å². The third kappa shape index (κ3) is 6.79. The SMILES string of the molecule is CC1CC(C)N(C(=O)C(NC(=O)CN)C(C)(C)C)C1.O=CNC1CCCc2ccccc21. The molecule has 2 aliphatic rings. The molecule has 7 nitrogen and oxygen atoms in total. The van der Waals surface area contributed by atoms with Crippen LogP contribution in [-0.2, 0) is 20.8 Å². The second-order valence-electron chi connectivity index (χ2n) is 10.2. The molecule has 0 radical (unpaired) electrons. The Balaban J connectivity index is 0.000000242. The number of carbonyl (C=O) groups excluding carboxylic acids is 3. The minimum atomic E-state index is -0.517. The van der Waals surface area contributed by atoms with E-state index in [4.69, 9.17) is 5.73 Å². The van der Waals surface area contributed by atoms with Crippen LogP contribution in [0.2, 0.25) is 0 Å².